The minimum Gasteiger partial charge on any atom is -0.332 e. The highest BCUT2D eigenvalue weighted by Crippen LogP contribution is 2.29. The van der Waals surface area contributed by atoms with Gasteiger partial charge in [0.1, 0.15) is 11.3 Å². The van der Waals surface area contributed by atoms with Gasteiger partial charge in [0.05, 0.1) is 16.2 Å². The molecule has 0 aliphatic rings. The van der Waals surface area contributed by atoms with Crippen LogP contribution in [0.3, 0.4) is 0 Å². The van der Waals surface area contributed by atoms with Crippen LogP contribution < -0.4 is 5.06 Å². The van der Waals surface area contributed by atoms with Crippen molar-refractivity contribution in [2.24, 2.45) is 0 Å². The number of benzene rings is 2. The molecule has 0 atom stereocenters. The highest BCUT2D eigenvalue weighted by Gasteiger charge is 2.23. The molecule has 0 radical (unpaired) electrons. The van der Waals surface area contributed by atoms with E-state index < -0.39 is 23.3 Å². The predicted molar refractivity (Wildman–Crippen MR) is 108 cm³/mol. The van der Waals surface area contributed by atoms with Crippen LogP contribution in [0.4, 0.5) is 18.9 Å². The van der Waals surface area contributed by atoms with Crippen molar-refractivity contribution in [3.05, 3.63) is 52.3 Å². The summed E-state index contributed by atoms with van der Waals surface area (Å²) in [6, 6.07) is 4.12. The van der Waals surface area contributed by atoms with Crippen molar-refractivity contribution in [1.29, 1.82) is 5.41 Å². The molecule has 0 saturated heterocycles. The summed E-state index contributed by atoms with van der Waals surface area (Å²) in [5.74, 6) is -2.96. The largest absolute Gasteiger partial charge is 0.332 e. The van der Waals surface area contributed by atoms with Gasteiger partial charge in [0.15, 0.2) is 22.6 Å². The molecular weight excluding hydrogens is 427 g/mol. The molecule has 0 bridgehead atoms. The normalized spacial score (nSPS) is 11.4. The van der Waals surface area contributed by atoms with E-state index in [9.17, 15) is 18.4 Å². The molecule has 154 valence electrons. The minimum absolute atomic E-state index is 0.0145. The molecule has 0 amide bonds. The zero-order chi connectivity index (χ0) is 21.3. The van der Waals surface area contributed by atoms with Crippen LogP contribution in [0.2, 0.25) is 5.02 Å². The second-order valence-corrected chi connectivity index (χ2v) is 7.89. The first kappa shape index (κ1) is 21.4. The van der Waals surface area contributed by atoms with Crippen LogP contribution in [-0.2, 0) is 0 Å². The lowest BCUT2D eigenvalue weighted by Crippen LogP contribution is -2.27. The third-order valence-electron chi connectivity index (χ3n) is 4.03. The Morgan fingerprint density at radius 3 is 2.62 bits per heavy atom. The van der Waals surface area contributed by atoms with Gasteiger partial charge >= 0.3 is 0 Å². The van der Waals surface area contributed by atoms with E-state index in [2.05, 4.69) is 9.97 Å². The molecule has 6 nitrogen and oxygen atoms in total. The first-order valence-electron chi connectivity index (χ1n) is 8.37. The van der Waals surface area contributed by atoms with Crippen LogP contribution in [0.25, 0.3) is 11.0 Å². The molecule has 0 aliphatic heterocycles. The van der Waals surface area contributed by atoms with Gasteiger partial charge in [-0.25, -0.2) is 23.2 Å². The molecule has 0 saturated carbocycles. The van der Waals surface area contributed by atoms with Crippen molar-refractivity contribution in [1.82, 2.24) is 14.9 Å². The molecule has 3 aromatic rings. The first-order valence-corrected chi connectivity index (χ1v) is 9.73. The number of amidine groups is 1. The summed E-state index contributed by atoms with van der Waals surface area (Å²) in [6.07, 6.45) is 0. The van der Waals surface area contributed by atoms with Gasteiger partial charge < -0.3 is 9.88 Å². The molecular formula is C18H17ClF3N5OS. The molecule has 2 aromatic carbocycles. The number of hydrogen-bond donors (Lipinski definition) is 3. The lowest BCUT2D eigenvalue weighted by Gasteiger charge is -2.18. The average molecular weight is 444 g/mol. The number of nitrogens with one attached hydrogen (secondary N) is 2. The standard InChI is InChI=1S/C18H17ClF3N5OS/c1-26(2)5-6-29-18-24-15-10(8-13(21)14(22)16(15)25-18)17(23)27(28)9-3-4-12(20)11(19)7-9/h3-4,7-8,23,28H,5-6H2,1-2H3,(H,24,25). The van der Waals surface area contributed by atoms with Crippen molar-refractivity contribution < 1.29 is 18.4 Å². The number of hydroxylamine groups is 1. The zero-order valence-electron chi connectivity index (χ0n) is 15.4. The maximum absolute atomic E-state index is 14.2. The van der Waals surface area contributed by atoms with E-state index in [1.807, 2.05) is 19.0 Å². The summed E-state index contributed by atoms with van der Waals surface area (Å²) in [6.45, 7) is 0.747. The maximum Gasteiger partial charge on any atom is 0.186 e. The summed E-state index contributed by atoms with van der Waals surface area (Å²) in [7, 11) is 3.82. The Labute approximate surface area is 173 Å². The van der Waals surface area contributed by atoms with Gasteiger partial charge in [-0.1, -0.05) is 23.4 Å². The topological polar surface area (TPSA) is 79.2 Å². The first-order chi connectivity index (χ1) is 13.7. The number of nitrogens with zero attached hydrogens (tertiary/aromatic N) is 3. The summed E-state index contributed by atoms with van der Waals surface area (Å²) in [5.41, 5.74) is -0.343. The van der Waals surface area contributed by atoms with Crippen LogP contribution in [0, 0.1) is 22.9 Å². The number of anilines is 1. The van der Waals surface area contributed by atoms with E-state index >= 15 is 0 Å². The fraction of sp³-hybridized carbons (Fsp3) is 0.222. The molecule has 0 aliphatic carbocycles. The highest BCUT2D eigenvalue weighted by atomic mass is 35.5. The Balaban J connectivity index is 1.98. The Morgan fingerprint density at radius 2 is 1.97 bits per heavy atom. The van der Waals surface area contributed by atoms with Gasteiger partial charge in [-0.3, -0.25) is 10.6 Å². The van der Waals surface area contributed by atoms with Crippen LogP contribution in [-0.4, -0.2) is 52.3 Å². The van der Waals surface area contributed by atoms with Gasteiger partial charge in [0.25, 0.3) is 0 Å². The molecule has 1 aromatic heterocycles. The van der Waals surface area contributed by atoms with Crippen LogP contribution in [0.1, 0.15) is 5.56 Å². The van der Waals surface area contributed by atoms with Gasteiger partial charge in [0.2, 0.25) is 0 Å². The number of imidazole rings is 1. The number of rotatable bonds is 6. The average Bonchev–Trinajstić information content (AvgIpc) is 3.10. The smallest absolute Gasteiger partial charge is 0.186 e. The minimum atomic E-state index is -1.21. The van der Waals surface area contributed by atoms with Crippen LogP contribution in [0.15, 0.2) is 29.4 Å². The predicted octanol–water partition coefficient (Wildman–Crippen LogP) is 4.51. The monoisotopic (exact) mass is 443 g/mol. The Kier molecular flexibility index (Phi) is 6.37. The van der Waals surface area contributed by atoms with Crippen molar-refractivity contribution >= 4 is 45.9 Å². The third-order valence-corrected chi connectivity index (χ3v) is 5.18. The maximum atomic E-state index is 14.2. The van der Waals surface area contributed by atoms with Crippen molar-refractivity contribution in [3.63, 3.8) is 0 Å². The van der Waals surface area contributed by atoms with Crippen molar-refractivity contribution in [2.75, 3.05) is 31.5 Å². The Bertz CT molecular complexity index is 1080. The summed E-state index contributed by atoms with van der Waals surface area (Å²) in [4.78, 5) is 8.92. The van der Waals surface area contributed by atoms with Gasteiger partial charge in [-0.2, -0.15) is 0 Å². The molecule has 0 fully saturated rings. The fourth-order valence-electron chi connectivity index (χ4n) is 2.52. The van der Waals surface area contributed by atoms with Crippen LogP contribution >= 0.6 is 23.4 Å². The molecule has 0 spiro atoms. The third kappa shape index (κ3) is 4.50. The molecule has 29 heavy (non-hydrogen) atoms. The number of aromatic nitrogens is 2. The summed E-state index contributed by atoms with van der Waals surface area (Å²) in [5, 5.41) is 19.1. The van der Waals surface area contributed by atoms with E-state index in [4.69, 9.17) is 17.0 Å². The lowest BCUT2D eigenvalue weighted by molar-refractivity contribution is 0.312. The molecule has 3 N–H and O–H groups in total. The fourth-order valence-corrected chi connectivity index (χ4v) is 3.68. The van der Waals surface area contributed by atoms with E-state index in [1.165, 1.54) is 17.8 Å². The summed E-state index contributed by atoms with van der Waals surface area (Å²) >= 11 is 7.02. The SMILES string of the molecule is CN(C)CCSc1nc2c(F)c(F)cc(C(=N)N(O)c3ccc(F)c(Cl)c3)c2[nH]1. The Morgan fingerprint density at radius 1 is 1.24 bits per heavy atom. The number of H-pyrrole nitrogens is 1. The number of thioether (sulfide) groups is 1. The van der Waals surface area contributed by atoms with Crippen molar-refractivity contribution in [2.45, 2.75) is 5.16 Å². The second-order valence-electron chi connectivity index (χ2n) is 6.40. The lowest BCUT2D eigenvalue weighted by atomic mass is 10.1. The molecule has 11 heteroatoms. The number of fused-ring (bicyclic) bond motifs is 1. The molecule has 0 unspecified atom stereocenters. The quantitative estimate of drug-likeness (QED) is 0.226. The van der Waals surface area contributed by atoms with Gasteiger partial charge in [-0.05, 0) is 38.4 Å². The number of hydrogen-bond acceptors (Lipinski definition) is 5. The van der Waals surface area contributed by atoms with Gasteiger partial charge in [0, 0.05) is 17.9 Å². The van der Waals surface area contributed by atoms with E-state index in [0.29, 0.717) is 16.0 Å². The molecule has 3 rings (SSSR count). The van der Waals surface area contributed by atoms with Crippen LogP contribution in [0.5, 0.6) is 0 Å². The Hall–Kier alpha value is -2.27. The summed E-state index contributed by atoms with van der Waals surface area (Å²) < 4.78 is 41.7. The van der Waals surface area contributed by atoms with Gasteiger partial charge in [-0.15, -0.1) is 0 Å². The molecule has 1 heterocycles. The number of halogens is 4. The highest BCUT2D eigenvalue weighted by molar-refractivity contribution is 7.99. The second kappa shape index (κ2) is 8.62. The van der Waals surface area contributed by atoms with E-state index in [1.54, 1.807) is 0 Å². The van der Waals surface area contributed by atoms with Crippen molar-refractivity contribution in [3.8, 4) is 0 Å². The zero-order valence-corrected chi connectivity index (χ0v) is 17.0. The van der Waals surface area contributed by atoms with E-state index in [-0.39, 0.29) is 27.3 Å². The van der Waals surface area contributed by atoms with E-state index in [0.717, 1.165) is 24.7 Å². The number of aromatic amines is 1.